The third-order valence-corrected chi connectivity index (χ3v) is 2.22. The first-order chi connectivity index (χ1) is 7.26. The molecule has 0 fully saturated rings. The van der Waals surface area contributed by atoms with Gasteiger partial charge in [-0.05, 0) is 20.3 Å². The first-order valence-electron chi connectivity index (χ1n) is 5.86. The van der Waals surface area contributed by atoms with Crippen LogP contribution in [-0.4, -0.2) is 43.8 Å². The van der Waals surface area contributed by atoms with E-state index in [0.717, 1.165) is 32.5 Å². The van der Waals surface area contributed by atoms with Gasteiger partial charge < -0.3 is 15.0 Å². The summed E-state index contributed by atoms with van der Waals surface area (Å²) in [4.78, 5) is 13.2. The summed E-state index contributed by atoms with van der Waals surface area (Å²) in [5, 5.41) is 2.82. The van der Waals surface area contributed by atoms with E-state index >= 15 is 0 Å². The highest BCUT2D eigenvalue weighted by atomic mass is 16.5. The molecule has 0 aliphatic heterocycles. The molecule has 0 aliphatic carbocycles. The first-order valence-corrected chi connectivity index (χ1v) is 5.86. The zero-order chi connectivity index (χ0) is 11.5. The first kappa shape index (κ1) is 14.2. The van der Waals surface area contributed by atoms with Gasteiger partial charge in [-0.2, -0.15) is 0 Å². The molecule has 0 aromatic heterocycles. The van der Waals surface area contributed by atoms with Crippen molar-refractivity contribution in [1.82, 2.24) is 10.2 Å². The molecule has 0 heterocycles. The fourth-order valence-corrected chi connectivity index (χ4v) is 1.20. The fraction of sp³-hybridized carbons (Fsp3) is 0.909. The number of hydrogen-bond donors (Lipinski definition) is 1. The van der Waals surface area contributed by atoms with E-state index in [4.69, 9.17) is 4.74 Å². The van der Waals surface area contributed by atoms with E-state index in [2.05, 4.69) is 12.2 Å². The Kier molecular flexibility index (Phi) is 9.27. The van der Waals surface area contributed by atoms with E-state index in [1.54, 1.807) is 4.90 Å². The van der Waals surface area contributed by atoms with E-state index in [1.165, 1.54) is 0 Å². The molecule has 15 heavy (non-hydrogen) atoms. The van der Waals surface area contributed by atoms with Crippen molar-refractivity contribution in [3.05, 3.63) is 0 Å². The molecule has 0 aliphatic rings. The molecule has 0 aromatic rings. The van der Waals surface area contributed by atoms with Crippen molar-refractivity contribution in [3.8, 4) is 0 Å². The van der Waals surface area contributed by atoms with Gasteiger partial charge in [-0.25, -0.2) is 4.79 Å². The van der Waals surface area contributed by atoms with E-state index < -0.39 is 0 Å². The van der Waals surface area contributed by atoms with Crippen LogP contribution in [0, 0.1) is 0 Å². The van der Waals surface area contributed by atoms with Crippen LogP contribution in [0.15, 0.2) is 0 Å². The van der Waals surface area contributed by atoms with E-state index in [0.29, 0.717) is 13.2 Å². The fourth-order valence-electron chi connectivity index (χ4n) is 1.20. The van der Waals surface area contributed by atoms with Gasteiger partial charge in [0.15, 0.2) is 0 Å². The molecule has 0 spiro atoms. The number of nitrogens with one attached hydrogen (secondary N) is 1. The molecule has 0 atom stereocenters. The zero-order valence-electron chi connectivity index (χ0n) is 10.2. The number of hydrogen-bond acceptors (Lipinski definition) is 2. The lowest BCUT2D eigenvalue weighted by molar-refractivity contribution is 0.131. The van der Waals surface area contributed by atoms with Gasteiger partial charge in [0.1, 0.15) is 0 Å². The van der Waals surface area contributed by atoms with Crippen molar-refractivity contribution in [2.45, 2.75) is 33.6 Å². The minimum Gasteiger partial charge on any atom is -0.380 e. The third kappa shape index (κ3) is 7.19. The molecule has 4 heteroatoms. The maximum absolute atomic E-state index is 11.5. The maximum atomic E-state index is 11.5. The third-order valence-electron chi connectivity index (χ3n) is 2.22. The summed E-state index contributed by atoms with van der Waals surface area (Å²) in [5.74, 6) is 0. The maximum Gasteiger partial charge on any atom is 0.317 e. The molecule has 0 rings (SSSR count). The van der Waals surface area contributed by atoms with Gasteiger partial charge in [-0.1, -0.05) is 13.3 Å². The Balaban J connectivity index is 3.38. The highest BCUT2D eigenvalue weighted by Crippen LogP contribution is 1.89. The molecule has 0 bridgehead atoms. The standard InChI is InChI=1S/C11H24N2O2/c1-4-7-9-15-10-8-12-11(14)13(5-2)6-3/h4-10H2,1-3H3,(H,12,14). The summed E-state index contributed by atoms with van der Waals surface area (Å²) < 4.78 is 5.34. The molecule has 0 unspecified atom stereocenters. The number of rotatable bonds is 8. The van der Waals surface area contributed by atoms with Gasteiger partial charge in [0, 0.05) is 26.2 Å². The molecule has 0 aromatic carbocycles. The second-order valence-corrected chi connectivity index (χ2v) is 3.37. The number of unbranched alkanes of at least 4 members (excludes halogenated alkanes) is 1. The minimum atomic E-state index is -0.000841. The Morgan fingerprint density at radius 2 is 1.87 bits per heavy atom. The largest absolute Gasteiger partial charge is 0.380 e. The van der Waals surface area contributed by atoms with Crippen molar-refractivity contribution in [2.24, 2.45) is 0 Å². The van der Waals surface area contributed by atoms with Crippen LogP contribution in [0.1, 0.15) is 33.6 Å². The Bertz CT molecular complexity index is 159. The molecule has 1 N–H and O–H groups in total. The van der Waals surface area contributed by atoms with Crippen molar-refractivity contribution in [1.29, 1.82) is 0 Å². The molecular formula is C11H24N2O2. The molecule has 0 saturated heterocycles. The molecular weight excluding hydrogens is 192 g/mol. The smallest absolute Gasteiger partial charge is 0.317 e. The van der Waals surface area contributed by atoms with Crippen LogP contribution in [0.3, 0.4) is 0 Å². The Morgan fingerprint density at radius 3 is 2.40 bits per heavy atom. The Morgan fingerprint density at radius 1 is 1.20 bits per heavy atom. The highest BCUT2D eigenvalue weighted by molar-refractivity contribution is 5.73. The minimum absolute atomic E-state index is 0.000841. The van der Waals surface area contributed by atoms with Crippen LogP contribution < -0.4 is 5.32 Å². The normalized spacial score (nSPS) is 10.1. The average Bonchev–Trinajstić information content (AvgIpc) is 2.25. The molecule has 2 amide bonds. The van der Waals surface area contributed by atoms with Crippen LogP contribution in [-0.2, 0) is 4.74 Å². The van der Waals surface area contributed by atoms with Crippen molar-refractivity contribution >= 4 is 6.03 Å². The van der Waals surface area contributed by atoms with Crippen molar-refractivity contribution in [3.63, 3.8) is 0 Å². The highest BCUT2D eigenvalue weighted by Gasteiger charge is 2.06. The van der Waals surface area contributed by atoms with Gasteiger partial charge in [0.05, 0.1) is 6.61 Å². The molecule has 4 nitrogen and oxygen atoms in total. The van der Waals surface area contributed by atoms with Crippen LogP contribution in [0.5, 0.6) is 0 Å². The Labute approximate surface area is 93.0 Å². The number of ether oxygens (including phenoxy) is 1. The predicted molar refractivity (Wildman–Crippen MR) is 62.0 cm³/mol. The van der Waals surface area contributed by atoms with Gasteiger partial charge >= 0.3 is 6.03 Å². The van der Waals surface area contributed by atoms with E-state index in [-0.39, 0.29) is 6.03 Å². The average molecular weight is 216 g/mol. The predicted octanol–water partition coefficient (Wildman–Crippen LogP) is 1.85. The number of urea groups is 1. The SMILES string of the molecule is CCCCOCCNC(=O)N(CC)CC. The summed E-state index contributed by atoms with van der Waals surface area (Å²) in [7, 11) is 0. The summed E-state index contributed by atoms with van der Waals surface area (Å²) in [6.45, 7) is 9.56. The number of amides is 2. The summed E-state index contributed by atoms with van der Waals surface area (Å²) in [6, 6.07) is -0.000841. The van der Waals surface area contributed by atoms with Crippen LogP contribution in [0.2, 0.25) is 0 Å². The molecule has 0 radical (unpaired) electrons. The number of carbonyl (C=O) groups is 1. The second kappa shape index (κ2) is 9.77. The van der Waals surface area contributed by atoms with Crippen molar-refractivity contribution in [2.75, 3.05) is 32.8 Å². The summed E-state index contributed by atoms with van der Waals surface area (Å²) in [5.41, 5.74) is 0. The lowest BCUT2D eigenvalue weighted by atomic mass is 10.4. The second-order valence-electron chi connectivity index (χ2n) is 3.37. The van der Waals surface area contributed by atoms with Crippen molar-refractivity contribution < 1.29 is 9.53 Å². The summed E-state index contributed by atoms with van der Waals surface area (Å²) >= 11 is 0. The molecule has 0 saturated carbocycles. The quantitative estimate of drug-likeness (QED) is 0.629. The van der Waals surface area contributed by atoms with Gasteiger partial charge in [-0.3, -0.25) is 0 Å². The topological polar surface area (TPSA) is 41.6 Å². The number of carbonyl (C=O) groups excluding carboxylic acids is 1. The van der Waals surface area contributed by atoms with Crippen LogP contribution >= 0.6 is 0 Å². The lowest BCUT2D eigenvalue weighted by Crippen LogP contribution is -2.40. The summed E-state index contributed by atoms with van der Waals surface area (Å²) in [6.07, 6.45) is 2.23. The van der Waals surface area contributed by atoms with Gasteiger partial charge in [0.2, 0.25) is 0 Å². The molecule has 90 valence electrons. The van der Waals surface area contributed by atoms with Crippen LogP contribution in [0.4, 0.5) is 4.79 Å². The zero-order valence-corrected chi connectivity index (χ0v) is 10.2. The van der Waals surface area contributed by atoms with Gasteiger partial charge in [-0.15, -0.1) is 0 Å². The Hall–Kier alpha value is -0.770. The number of nitrogens with zero attached hydrogens (tertiary/aromatic N) is 1. The van der Waals surface area contributed by atoms with Gasteiger partial charge in [0.25, 0.3) is 0 Å². The lowest BCUT2D eigenvalue weighted by Gasteiger charge is -2.19. The van der Waals surface area contributed by atoms with E-state index in [1.807, 2.05) is 13.8 Å². The van der Waals surface area contributed by atoms with Crippen LogP contribution in [0.25, 0.3) is 0 Å². The monoisotopic (exact) mass is 216 g/mol. The van der Waals surface area contributed by atoms with E-state index in [9.17, 15) is 4.79 Å².